The van der Waals surface area contributed by atoms with Crippen LogP contribution < -0.4 is 10.6 Å². The SMILES string of the molecule is CCOC(=O)c1ccc2c(c1)NC(=O)C2C(=Nc1ccc(CNC(C)C)cc1)c1ccccc1. The number of hydrogen-bond donors (Lipinski definition) is 2. The van der Waals surface area contributed by atoms with Gasteiger partial charge in [0.05, 0.1) is 23.6 Å². The van der Waals surface area contributed by atoms with Crippen LogP contribution in [0.15, 0.2) is 77.8 Å². The monoisotopic (exact) mass is 455 g/mol. The third-order valence-electron chi connectivity index (χ3n) is 5.64. The number of carbonyl (C=O) groups excluding carboxylic acids is 2. The predicted molar refractivity (Wildman–Crippen MR) is 135 cm³/mol. The number of anilines is 1. The van der Waals surface area contributed by atoms with Gasteiger partial charge in [0.15, 0.2) is 0 Å². The van der Waals surface area contributed by atoms with Crippen LogP contribution in [0.2, 0.25) is 0 Å². The zero-order chi connectivity index (χ0) is 24.1. The first-order valence-electron chi connectivity index (χ1n) is 11.5. The van der Waals surface area contributed by atoms with Crippen molar-refractivity contribution in [3.8, 4) is 0 Å². The Morgan fingerprint density at radius 3 is 2.44 bits per heavy atom. The van der Waals surface area contributed by atoms with Gasteiger partial charge in [-0.2, -0.15) is 0 Å². The molecule has 0 fully saturated rings. The van der Waals surface area contributed by atoms with E-state index < -0.39 is 11.9 Å². The van der Waals surface area contributed by atoms with Crippen molar-refractivity contribution in [1.29, 1.82) is 0 Å². The van der Waals surface area contributed by atoms with Gasteiger partial charge in [-0.1, -0.05) is 62.4 Å². The van der Waals surface area contributed by atoms with Crippen molar-refractivity contribution in [3.05, 3.63) is 95.1 Å². The molecule has 0 aromatic heterocycles. The third-order valence-corrected chi connectivity index (χ3v) is 5.64. The van der Waals surface area contributed by atoms with Crippen molar-refractivity contribution in [2.24, 2.45) is 4.99 Å². The highest BCUT2D eigenvalue weighted by Crippen LogP contribution is 2.37. The summed E-state index contributed by atoms with van der Waals surface area (Å²) in [6.45, 7) is 7.07. The number of nitrogens with zero attached hydrogens (tertiary/aromatic N) is 1. The molecule has 1 heterocycles. The number of ether oxygens (including phenoxy) is 1. The van der Waals surface area contributed by atoms with E-state index in [4.69, 9.17) is 9.73 Å². The summed E-state index contributed by atoms with van der Waals surface area (Å²) in [5.74, 6) is -1.17. The standard InChI is InChI=1S/C28H29N3O3/c1-4-34-28(33)21-12-15-23-24(16-21)31-27(32)25(23)26(20-8-6-5-7-9-20)30-22-13-10-19(11-14-22)17-29-18(2)3/h5-16,18,25,29H,4,17H2,1-3H3,(H,31,32). The lowest BCUT2D eigenvalue weighted by Gasteiger charge is -2.14. The van der Waals surface area contributed by atoms with Gasteiger partial charge in [0.2, 0.25) is 5.91 Å². The molecule has 0 bridgehead atoms. The molecule has 1 aliphatic rings. The van der Waals surface area contributed by atoms with Crippen molar-refractivity contribution in [3.63, 3.8) is 0 Å². The Morgan fingerprint density at radius 1 is 1.03 bits per heavy atom. The van der Waals surface area contributed by atoms with E-state index in [1.54, 1.807) is 19.1 Å². The maximum Gasteiger partial charge on any atom is 0.338 e. The first-order valence-corrected chi connectivity index (χ1v) is 11.5. The average Bonchev–Trinajstić information content (AvgIpc) is 3.17. The van der Waals surface area contributed by atoms with Crippen LogP contribution in [0.4, 0.5) is 11.4 Å². The van der Waals surface area contributed by atoms with Gasteiger partial charge in [0.1, 0.15) is 5.92 Å². The van der Waals surface area contributed by atoms with Gasteiger partial charge in [0, 0.05) is 18.3 Å². The van der Waals surface area contributed by atoms with Crippen LogP contribution in [0.25, 0.3) is 0 Å². The predicted octanol–water partition coefficient (Wildman–Crippen LogP) is 5.22. The number of fused-ring (bicyclic) bond motifs is 1. The van der Waals surface area contributed by atoms with Crippen LogP contribution in [0.5, 0.6) is 0 Å². The Labute approximate surface area is 200 Å². The second-order valence-electron chi connectivity index (χ2n) is 8.51. The smallest absolute Gasteiger partial charge is 0.338 e. The molecular weight excluding hydrogens is 426 g/mol. The summed E-state index contributed by atoms with van der Waals surface area (Å²) in [5.41, 5.74) is 5.29. The summed E-state index contributed by atoms with van der Waals surface area (Å²) in [5, 5.41) is 6.33. The second-order valence-corrected chi connectivity index (χ2v) is 8.51. The molecule has 3 aromatic rings. The molecule has 0 aliphatic carbocycles. The number of aliphatic imine (C=N–C) groups is 1. The van der Waals surface area contributed by atoms with Gasteiger partial charge < -0.3 is 15.4 Å². The van der Waals surface area contributed by atoms with Gasteiger partial charge in [-0.05, 0) is 47.9 Å². The van der Waals surface area contributed by atoms with E-state index in [2.05, 4.69) is 24.5 Å². The summed E-state index contributed by atoms with van der Waals surface area (Å²) in [6, 6.07) is 23.3. The number of nitrogens with one attached hydrogen (secondary N) is 2. The molecular formula is C28H29N3O3. The first kappa shape index (κ1) is 23.4. The third kappa shape index (κ3) is 5.24. The first-order chi connectivity index (χ1) is 16.5. The van der Waals surface area contributed by atoms with E-state index >= 15 is 0 Å². The van der Waals surface area contributed by atoms with E-state index in [1.807, 2.05) is 60.7 Å². The molecule has 174 valence electrons. The van der Waals surface area contributed by atoms with Gasteiger partial charge in [-0.3, -0.25) is 9.79 Å². The van der Waals surface area contributed by atoms with Crippen LogP contribution in [-0.2, 0) is 16.1 Å². The molecule has 3 aromatic carbocycles. The fourth-order valence-electron chi connectivity index (χ4n) is 3.93. The minimum atomic E-state index is -0.587. The van der Waals surface area contributed by atoms with E-state index in [9.17, 15) is 9.59 Å². The molecule has 6 nitrogen and oxygen atoms in total. The lowest BCUT2D eigenvalue weighted by molar-refractivity contribution is -0.115. The summed E-state index contributed by atoms with van der Waals surface area (Å²) in [7, 11) is 0. The largest absolute Gasteiger partial charge is 0.462 e. The fourth-order valence-corrected chi connectivity index (χ4v) is 3.93. The van der Waals surface area contributed by atoms with E-state index in [0.717, 1.165) is 23.4 Å². The molecule has 1 unspecified atom stereocenters. The fraction of sp³-hybridized carbons (Fsp3) is 0.250. The van der Waals surface area contributed by atoms with Crippen molar-refractivity contribution >= 4 is 29.0 Å². The second kappa shape index (κ2) is 10.4. The summed E-state index contributed by atoms with van der Waals surface area (Å²) >= 11 is 0. The molecule has 1 amide bonds. The van der Waals surface area contributed by atoms with Gasteiger partial charge in [-0.15, -0.1) is 0 Å². The molecule has 1 atom stereocenters. The van der Waals surface area contributed by atoms with Crippen LogP contribution in [-0.4, -0.2) is 30.2 Å². The lowest BCUT2D eigenvalue weighted by atomic mass is 9.90. The quantitative estimate of drug-likeness (QED) is 0.361. The van der Waals surface area contributed by atoms with Crippen LogP contribution in [0, 0.1) is 0 Å². The molecule has 0 saturated carbocycles. The minimum Gasteiger partial charge on any atom is -0.462 e. The maximum absolute atomic E-state index is 13.1. The normalized spacial score (nSPS) is 15.2. The number of hydrogen-bond acceptors (Lipinski definition) is 5. The zero-order valence-corrected chi connectivity index (χ0v) is 19.7. The van der Waals surface area contributed by atoms with Crippen molar-refractivity contribution in [2.75, 3.05) is 11.9 Å². The van der Waals surface area contributed by atoms with Crippen molar-refractivity contribution in [1.82, 2.24) is 5.32 Å². The average molecular weight is 456 g/mol. The lowest BCUT2D eigenvalue weighted by Crippen LogP contribution is -2.22. The number of benzene rings is 3. The summed E-state index contributed by atoms with van der Waals surface area (Å²) in [6.07, 6.45) is 0. The summed E-state index contributed by atoms with van der Waals surface area (Å²) < 4.78 is 5.10. The highest BCUT2D eigenvalue weighted by Gasteiger charge is 2.36. The Hall–Kier alpha value is -3.77. The summed E-state index contributed by atoms with van der Waals surface area (Å²) in [4.78, 5) is 30.2. The highest BCUT2D eigenvalue weighted by molar-refractivity contribution is 6.24. The highest BCUT2D eigenvalue weighted by atomic mass is 16.5. The van der Waals surface area contributed by atoms with Crippen molar-refractivity contribution < 1.29 is 14.3 Å². The van der Waals surface area contributed by atoms with Crippen LogP contribution in [0.1, 0.15) is 53.7 Å². The number of rotatable bonds is 8. The molecule has 34 heavy (non-hydrogen) atoms. The number of esters is 1. The van der Waals surface area contributed by atoms with Gasteiger partial charge in [0.25, 0.3) is 0 Å². The van der Waals surface area contributed by atoms with E-state index in [1.165, 1.54) is 5.56 Å². The molecule has 0 spiro atoms. The molecule has 4 rings (SSSR count). The Bertz CT molecular complexity index is 1200. The van der Waals surface area contributed by atoms with Crippen LogP contribution >= 0.6 is 0 Å². The number of carbonyl (C=O) groups is 2. The Morgan fingerprint density at radius 2 is 1.76 bits per heavy atom. The number of amides is 1. The molecule has 6 heteroatoms. The van der Waals surface area contributed by atoms with Gasteiger partial charge >= 0.3 is 5.97 Å². The topological polar surface area (TPSA) is 79.8 Å². The van der Waals surface area contributed by atoms with Crippen LogP contribution in [0.3, 0.4) is 0 Å². The van der Waals surface area contributed by atoms with E-state index in [0.29, 0.717) is 29.6 Å². The van der Waals surface area contributed by atoms with Gasteiger partial charge in [-0.25, -0.2) is 4.79 Å². The Balaban J connectivity index is 1.71. The molecule has 2 N–H and O–H groups in total. The zero-order valence-electron chi connectivity index (χ0n) is 19.7. The van der Waals surface area contributed by atoms with Crippen molar-refractivity contribution in [2.45, 2.75) is 39.3 Å². The molecule has 1 aliphatic heterocycles. The Kier molecular flexibility index (Phi) is 7.18. The maximum atomic E-state index is 13.1. The molecule has 0 saturated heterocycles. The molecule has 0 radical (unpaired) electrons. The minimum absolute atomic E-state index is 0.170. The van der Waals surface area contributed by atoms with E-state index in [-0.39, 0.29) is 5.91 Å².